The quantitative estimate of drug-likeness (QED) is 0.880. The monoisotopic (exact) mass is 281 g/mol. The molecule has 5 heteroatoms. The summed E-state index contributed by atoms with van der Waals surface area (Å²) < 4.78 is 7.35. The topological polar surface area (TPSA) is 43.0 Å². The number of aryl methyl sites for hydroxylation is 1. The van der Waals surface area contributed by atoms with Crippen molar-refractivity contribution in [2.24, 2.45) is 0 Å². The fourth-order valence-electron chi connectivity index (χ4n) is 2.25. The lowest BCUT2D eigenvalue weighted by Crippen LogP contribution is -2.22. The van der Waals surface area contributed by atoms with Crippen LogP contribution >= 0.6 is 11.6 Å². The minimum atomic E-state index is 0.169. The Hall–Kier alpha value is -1.26. The van der Waals surface area contributed by atoms with E-state index in [1.165, 1.54) is 0 Å². The van der Waals surface area contributed by atoms with Crippen molar-refractivity contribution in [3.05, 3.63) is 41.1 Å². The van der Waals surface area contributed by atoms with Crippen molar-refractivity contribution in [3.8, 4) is 0 Å². The first-order valence-electron chi connectivity index (χ1n) is 6.56. The van der Waals surface area contributed by atoms with Gasteiger partial charge in [0.25, 0.3) is 0 Å². The molecule has 0 saturated carbocycles. The van der Waals surface area contributed by atoms with Crippen molar-refractivity contribution in [3.63, 3.8) is 0 Å². The van der Waals surface area contributed by atoms with Gasteiger partial charge in [-0.1, -0.05) is 11.6 Å². The zero-order valence-electron chi connectivity index (χ0n) is 11.6. The minimum absolute atomic E-state index is 0.169. The molecule has 2 aromatic rings. The van der Waals surface area contributed by atoms with Crippen molar-refractivity contribution >= 4 is 11.6 Å². The SMILES string of the molecule is CNC(CCc1ccco1)c1c(Cl)cnn1C(C)C. The van der Waals surface area contributed by atoms with Crippen LogP contribution in [-0.2, 0) is 6.42 Å². The number of halogens is 1. The second-order valence-corrected chi connectivity index (χ2v) is 5.28. The summed E-state index contributed by atoms with van der Waals surface area (Å²) in [5, 5.41) is 8.38. The van der Waals surface area contributed by atoms with E-state index in [0.717, 1.165) is 24.3 Å². The lowest BCUT2D eigenvalue weighted by atomic mass is 10.1. The predicted octanol–water partition coefficient (Wildman–Crippen LogP) is 3.60. The van der Waals surface area contributed by atoms with Crippen LogP contribution in [0.2, 0.25) is 5.02 Å². The summed E-state index contributed by atoms with van der Waals surface area (Å²) in [6.07, 6.45) is 5.21. The van der Waals surface area contributed by atoms with E-state index in [4.69, 9.17) is 16.0 Å². The average Bonchev–Trinajstić information content (AvgIpc) is 3.00. The molecule has 0 spiro atoms. The Balaban J connectivity index is 2.15. The Labute approximate surface area is 118 Å². The summed E-state index contributed by atoms with van der Waals surface area (Å²) in [5.41, 5.74) is 1.05. The van der Waals surface area contributed by atoms with Crippen LogP contribution < -0.4 is 5.32 Å². The third-order valence-corrected chi connectivity index (χ3v) is 3.51. The van der Waals surface area contributed by atoms with Crippen molar-refractivity contribution in [2.75, 3.05) is 7.05 Å². The highest BCUT2D eigenvalue weighted by atomic mass is 35.5. The molecule has 1 N–H and O–H groups in total. The van der Waals surface area contributed by atoms with E-state index in [-0.39, 0.29) is 6.04 Å². The van der Waals surface area contributed by atoms with E-state index in [0.29, 0.717) is 11.1 Å². The maximum atomic E-state index is 6.28. The highest BCUT2D eigenvalue weighted by Crippen LogP contribution is 2.28. The van der Waals surface area contributed by atoms with Crippen LogP contribution in [0.15, 0.2) is 29.0 Å². The number of nitrogens with one attached hydrogen (secondary N) is 1. The van der Waals surface area contributed by atoms with E-state index in [1.54, 1.807) is 12.5 Å². The molecule has 2 heterocycles. The first-order chi connectivity index (χ1) is 9.13. The molecule has 0 aromatic carbocycles. The Bertz CT molecular complexity index is 505. The summed E-state index contributed by atoms with van der Waals surface area (Å²) in [6.45, 7) is 4.21. The van der Waals surface area contributed by atoms with Crippen LogP contribution in [0, 0.1) is 0 Å². The number of rotatable bonds is 6. The van der Waals surface area contributed by atoms with Gasteiger partial charge in [-0.3, -0.25) is 4.68 Å². The first-order valence-corrected chi connectivity index (χ1v) is 6.93. The molecule has 0 aliphatic rings. The highest BCUT2D eigenvalue weighted by Gasteiger charge is 2.20. The van der Waals surface area contributed by atoms with Crippen molar-refractivity contribution in [1.82, 2.24) is 15.1 Å². The average molecular weight is 282 g/mol. The number of hydrogen-bond donors (Lipinski definition) is 1. The zero-order valence-corrected chi connectivity index (χ0v) is 12.3. The molecule has 0 saturated heterocycles. The van der Waals surface area contributed by atoms with Crippen LogP contribution in [0.4, 0.5) is 0 Å². The lowest BCUT2D eigenvalue weighted by molar-refractivity contribution is 0.428. The normalized spacial score (nSPS) is 13.1. The Morgan fingerprint density at radius 2 is 2.26 bits per heavy atom. The second-order valence-electron chi connectivity index (χ2n) is 4.88. The summed E-state index contributed by atoms with van der Waals surface area (Å²) in [4.78, 5) is 0. The van der Waals surface area contributed by atoms with E-state index in [1.807, 2.05) is 23.9 Å². The third kappa shape index (κ3) is 3.19. The van der Waals surface area contributed by atoms with Crippen molar-refractivity contribution in [1.29, 1.82) is 0 Å². The number of nitrogens with zero attached hydrogens (tertiary/aromatic N) is 2. The smallest absolute Gasteiger partial charge is 0.103 e. The molecule has 104 valence electrons. The Morgan fingerprint density at radius 1 is 1.47 bits per heavy atom. The Kier molecular flexibility index (Phi) is 4.66. The van der Waals surface area contributed by atoms with Gasteiger partial charge < -0.3 is 9.73 Å². The van der Waals surface area contributed by atoms with Crippen LogP contribution in [0.25, 0.3) is 0 Å². The predicted molar refractivity (Wildman–Crippen MR) is 76.5 cm³/mol. The van der Waals surface area contributed by atoms with Gasteiger partial charge in [0.2, 0.25) is 0 Å². The van der Waals surface area contributed by atoms with Gasteiger partial charge in [0.1, 0.15) is 5.76 Å². The molecule has 0 bridgehead atoms. The molecule has 4 nitrogen and oxygen atoms in total. The van der Waals surface area contributed by atoms with Gasteiger partial charge in [-0.15, -0.1) is 0 Å². The molecule has 0 amide bonds. The molecular formula is C14H20ClN3O. The van der Waals surface area contributed by atoms with E-state index in [9.17, 15) is 0 Å². The third-order valence-electron chi connectivity index (χ3n) is 3.21. The van der Waals surface area contributed by atoms with Crippen LogP contribution in [0.1, 0.15) is 43.8 Å². The number of aromatic nitrogens is 2. The summed E-state index contributed by atoms with van der Waals surface area (Å²) in [6, 6.07) is 4.37. The second kappa shape index (κ2) is 6.26. The molecule has 19 heavy (non-hydrogen) atoms. The maximum absolute atomic E-state index is 6.28. The summed E-state index contributed by atoms with van der Waals surface area (Å²) >= 11 is 6.28. The highest BCUT2D eigenvalue weighted by molar-refractivity contribution is 6.31. The molecule has 1 atom stereocenters. The standard InChI is InChI=1S/C14H20ClN3O/c1-10(2)18-14(12(15)9-17-18)13(16-3)7-6-11-5-4-8-19-11/h4-5,8-10,13,16H,6-7H2,1-3H3. The molecule has 0 fully saturated rings. The van der Waals surface area contributed by atoms with E-state index in [2.05, 4.69) is 24.3 Å². The van der Waals surface area contributed by atoms with Gasteiger partial charge in [0.05, 0.1) is 29.2 Å². The fourth-order valence-corrected chi connectivity index (χ4v) is 2.51. The molecular weight excluding hydrogens is 262 g/mol. The van der Waals surface area contributed by atoms with Gasteiger partial charge >= 0.3 is 0 Å². The van der Waals surface area contributed by atoms with Gasteiger partial charge in [0.15, 0.2) is 0 Å². The lowest BCUT2D eigenvalue weighted by Gasteiger charge is -2.20. The molecule has 0 aliphatic carbocycles. The van der Waals surface area contributed by atoms with Gasteiger partial charge in [-0.05, 0) is 39.4 Å². The maximum Gasteiger partial charge on any atom is 0.103 e. The molecule has 2 rings (SSSR count). The summed E-state index contributed by atoms with van der Waals surface area (Å²) in [5.74, 6) is 0.993. The molecule has 0 aliphatic heterocycles. The van der Waals surface area contributed by atoms with Gasteiger partial charge in [-0.25, -0.2) is 0 Å². The Morgan fingerprint density at radius 3 is 2.84 bits per heavy atom. The van der Waals surface area contributed by atoms with Gasteiger partial charge in [-0.2, -0.15) is 5.10 Å². The number of furan rings is 1. The first kappa shape index (κ1) is 14.2. The van der Waals surface area contributed by atoms with Crippen LogP contribution in [0.3, 0.4) is 0 Å². The number of hydrogen-bond acceptors (Lipinski definition) is 3. The minimum Gasteiger partial charge on any atom is -0.469 e. The molecule has 1 unspecified atom stereocenters. The van der Waals surface area contributed by atoms with E-state index < -0.39 is 0 Å². The van der Waals surface area contributed by atoms with Gasteiger partial charge in [0, 0.05) is 12.5 Å². The molecule has 0 radical (unpaired) electrons. The zero-order chi connectivity index (χ0) is 13.8. The van der Waals surface area contributed by atoms with Crippen LogP contribution in [-0.4, -0.2) is 16.8 Å². The molecule has 2 aromatic heterocycles. The van der Waals surface area contributed by atoms with Crippen molar-refractivity contribution in [2.45, 2.75) is 38.8 Å². The largest absolute Gasteiger partial charge is 0.469 e. The fraction of sp³-hybridized carbons (Fsp3) is 0.500. The van der Waals surface area contributed by atoms with E-state index >= 15 is 0 Å². The van der Waals surface area contributed by atoms with Crippen LogP contribution in [0.5, 0.6) is 0 Å². The van der Waals surface area contributed by atoms with Crippen molar-refractivity contribution < 1.29 is 4.42 Å². The summed E-state index contributed by atoms with van der Waals surface area (Å²) in [7, 11) is 1.95.